The molecule has 28 heavy (non-hydrogen) atoms. The second-order valence-corrected chi connectivity index (χ2v) is 7.12. The van der Waals surface area contributed by atoms with Gasteiger partial charge in [0.25, 0.3) is 5.91 Å². The van der Waals surface area contributed by atoms with E-state index in [0.29, 0.717) is 15.6 Å². The number of thiazole rings is 1. The highest BCUT2D eigenvalue weighted by Gasteiger charge is 2.16. The van der Waals surface area contributed by atoms with Crippen LogP contribution in [-0.4, -0.2) is 27.6 Å². The van der Waals surface area contributed by atoms with E-state index in [2.05, 4.69) is 15.3 Å². The first-order valence-electron chi connectivity index (χ1n) is 8.43. The van der Waals surface area contributed by atoms with Crippen molar-refractivity contribution >= 4 is 34.6 Å². The maximum Gasteiger partial charge on any atom is 0.276 e. The molecule has 1 amide bonds. The molecule has 0 aliphatic rings. The fourth-order valence-electron chi connectivity index (χ4n) is 2.76. The lowest BCUT2D eigenvalue weighted by Gasteiger charge is -2.07. The molecule has 0 fully saturated rings. The van der Waals surface area contributed by atoms with Gasteiger partial charge < -0.3 is 9.72 Å². The van der Waals surface area contributed by atoms with Crippen molar-refractivity contribution in [3.63, 3.8) is 0 Å². The number of imidazole rings is 1. The minimum atomic E-state index is -0.285. The molecule has 0 radical (unpaired) electrons. The standard InChI is InChI=1S/C20H16N4O2S2/c1-26-15-9-7-13(8-10-15)16-12-28-19(22-16)23-18(25)17-11-21-20(27)24(17)14-5-3-2-4-6-14/h2-12H,1H3,(H,21,27)(H,22,23,25). The lowest BCUT2D eigenvalue weighted by atomic mass is 10.2. The number of nitrogens with one attached hydrogen (secondary N) is 2. The SMILES string of the molecule is COc1ccc(-c2csc(NC(=O)c3c[nH]c(=S)n3-c3ccccc3)n2)cc1. The Morgan fingerprint density at radius 2 is 1.93 bits per heavy atom. The van der Waals surface area contributed by atoms with E-state index >= 15 is 0 Å². The molecule has 0 unspecified atom stereocenters. The maximum atomic E-state index is 12.8. The summed E-state index contributed by atoms with van der Waals surface area (Å²) in [5.41, 5.74) is 2.97. The predicted octanol–water partition coefficient (Wildman–Crippen LogP) is 4.92. The molecule has 6 nitrogen and oxygen atoms in total. The number of aromatic nitrogens is 3. The van der Waals surface area contributed by atoms with Gasteiger partial charge in [-0.1, -0.05) is 18.2 Å². The zero-order chi connectivity index (χ0) is 19.5. The monoisotopic (exact) mass is 408 g/mol. The molecule has 0 bridgehead atoms. The highest BCUT2D eigenvalue weighted by atomic mass is 32.1. The van der Waals surface area contributed by atoms with Crippen LogP contribution in [0, 0.1) is 4.77 Å². The van der Waals surface area contributed by atoms with Gasteiger partial charge in [-0.2, -0.15) is 0 Å². The average molecular weight is 409 g/mol. The molecule has 0 aliphatic heterocycles. The van der Waals surface area contributed by atoms with E-state index in [0.717, 1.165) is 22.7 Å². The number of carbonyl (C=O) groups is 1. The van der Waals surface area contributed by atoms with Crippen LogP contribution in [0.15, 0.2) is 66.2 Å². The third kappa shape index (κ3) is 3.60. The molecule has 4 rings (SSSR count). The lowest BCUT2D eigenvalue weighted by molar-refractivity contribution is 0.102. The summed E-state index contributed by atoms with van der Waals surface area (Å²) in [6.45, 7) is 0. The number of carbonyl (C=O) groups excluding carboxylic acids is 1. The van der Waals surface area contributed by atoms with Crippen LogP contribution >= 0.6 is 23.6 Å². The largest absolute Gasteiger partial charge is 0.497 e. The summed E-state index contributed by atoms with van der Waals surface area (Å²) in [6.07, 6.45) is 1.60. The van der Waals surface area contributed by atoms with Gasteiger partial charge in [-0.3, -0.25) is 14.7 Å². The Morgan fingerprint density at radius 1 is 1.18 bits per heavy atom. The zero-order valence-corrected chi connectivity index (χ0v) is 16.5. The van der Waals surface area contributed by atoms with Gasteiger partial charge >= 0.3 is 0 Å². The minimum absolute atomic E-state index is 0.285. The van der Waals surface area contributed by atoms with Gasteiger partial charge in [-0.15, -0.1) is 11.3 Å². The fourth-order valence-corrected chi connectivity index (χ4v) is 3.73. The number of benzene rings is 2. The summed E-state index contributed by atoms with van der Waals surface area (Å²) >= 11 is 6.70. The summed E-state index contributed by atoms with van der Waals surface area (Å²) in [5, 5.41) is 5.27. The van der Waals surface area contributed by atoms with Crippen LogP contribution in [0.5, 0.6) is 5.75 Å². The Bertz CT molecular complexity index is 1160. The molecule has 8 heteroatoms. The van der Waals surface area contributed by atoms with Crippen molar-refractivity contribution in [1.29, 1.82) is 0 Å². The molecular formula is C20H16N4O2S2. The predicted molar refractivity (Wildman–Crippen MR) is 113 cm³/mol. The Labute approximate surface area is 170 Å². The lowest BCUT2D eigenvalue weighted by Crippen LogP contribution is -2.16. The number of para-hydroxylation sites is 1. The van der Waals surface area contributed by atoms with Gasteiger partial charge in [0.15, 0.2) is 9.90 Å². The van der Waals surface area contributed by atoms with Crippen LogP contribution in [0.2, 0.25) is 0 Å². The van der Waals surface area contributed by atoms with Crippen LogP contribution in [0.25, 0.3) is 16.9 Å². The number of H-pyrrole nitrogens is 1. The fraction of sp³-hybridized carbons (Fsp3) is 0.0500. The molecule has 140 valence electrons. The summed E-state index contributed by atoms with van der Waals surface area (Å²) in [7, 11) is 1.63. The Balaban J connectivity index is 1.57. The third-order valence-electron chi connectivity index (χ3n) is 4.13. The van der Waals surface area contributed by atoms with E-state index < -0.39 is 0 Å². The quantitative estimate of drug-likeness (QED) is 0.460. The van der Waals surface area contributed by atoms with E-state index in [4.69, 9.17) is 17.0 Å². The van der Waals surface area contributed by atoms with Crippen molar-refractivity contribution in [3.05, 3.63) is 76.6 Å². The number of ether oxygens (including phenoxy) is 1. The number of aromatic amines is 1. The molecule has 2 aromatic heterocycles. The van der Waals surface area contributed by atoms with E-state index in [1.165, 1.54) is 11.3 Å². The molecule has 2 aromatic carbocycles. The van der Waals surface area contributed by atoms with Crippen molar-refractivity contribution in [3.8, 4) is 22.7 Å². The highest BCUT2D eigenvalue weighted by molar-refractivity contribution is 7.71. The van der Waals surface area contributed by atoms with Crippen LogP contribution < -0.4 is 10.1 Å². The van der Waals surface area contributed by atoms with Gasteiger partial charge in [0.2, 0.25) is 0 Å². The van der Waals surface area contributed by atoms with Crippen molar-refractivity contribution in [2.24, 2.45) is 0 Å². The number of hydrogen-bond acceptors (Lipinski definition) is 5. The topological polar surface area (TPSA) is 71.9 Å². The second-order valence-electron chi connectivity index (χ2n) is 5.87. The summed E-state index contributed by atoms with van der Waals surface area (Å²) in [6, 6.07) is 17.1. The minimum Gasteiger partial charge on any atom is -0.497 e. The summed E-state index contributed by atoms with van der Waals surface area (Å²) < 4.78 is 7.32. The van der Waals surface area contributed by atoms with Crippen molar-refractivity contribution < 1.29 is 9.53 Å². The number of methoxy groups -OCH3 is 1. The van der Waals surface area contributed by atoms with Crippen LogP contribution in [0.3, 0.4) is 0 Å². The van der Waals surface area contributed by atoms with Gasteiger partial charge in [0.1, 0.15) is 11.4 Å². The number of hydrogen-bond donors (Lipinski definition) is 2. The normalized spacial score (nSPS) is 10.6. The number of anilines is 1. The highest BCUT2D eigenvalue weighted by Crippen LogP contribution is 2.27. The summed E-state index contributed by atoms with van der Waals surface area (Å²) in [5.74, 6) is 0.497. The molecule has 2 heterocycles. The molecule has 0 atom stereocenters. The second kappa shape index (κ2) is 7.79. The zero-order valence-electron chi connectivity index (χ0n) is 14.9. The van der Waals surface area contributed by atoms with E-state index in [9.17, 15) is 4.79 Å². The number of rotatable bonds is 5. The van der Waals surface area contributed by atoms with Crippen LogP contribution in [0.1, 0.15) is 10.5 Å². The molecular weight excluding hydrogens is 392 g/mol. The Morgan fingerprint density at radius 3 is 2.64 bits per heavy atom. The van der Waals surface area contributed by atoms with E-state index in [-0.39, 0.29) is 5.91 Å². The van der Waals surface area contributed by atoms with E-state index in [1.54, 1.807) is 17.9 Å². The Hall–Kier alpha value is -3.23. The molecule has 4 aromatic rings. The van der Waals surface area contributed by atoms with Crippen molar-refractivity contribution in [2.45, 2.75) is 0 Å². The maximum absolute atomic E-state index is 12.8. The molecule has 2 N–H and O–H groups in total. The van der Waals surface area contributed by atoms with Gasteiger partial charge in [-0.25, -0.2) is 4.98 Å². The molecule has 0 saturated carbocycles. The number of nitrogens with zero attached hydrogens (tertiary/aromatic N) is 2. The molecule has 0 aliphatic carbocycles. The summed E-state index contributed by atoms with van der Waals surface area (Å²) in [4.78, 5) is 20.2. The smallest absolute Gasteiger partial charge is 0.276 e. The van der Waals surface area contributed by atoms with Crippen LogP contribution in [-0.2, 0) is 0 Å². The van der Waals surface area contributed by atoms with Gasteiger partial charge in [0.05, 0.1) is 12.8 Å². The third-order valence-corrected chi connectivity index (χ3v) is 5.19. The molecule has 0 spiro atoms. The van der Waals surface area contributed by atoms with Gasteiger partial charge in [0, 0.05) is 22.8 Å². The first kappa shape index (κ1) is 18.1. The first-order valence-corrected chi connectivity index (χ1v) is 9.71. The first-order chi connectivity index (χ1) is 13.7. The van der Waals surface area contributed by atoms with Gasteiger partial charge in [-0.05, 0) is 48.6 Å². The molecule has 0 saturated heterocycles. The Kier molecular flexibility index (Phi) is 5.05. The van der Waals surface area contributed by atoms with E-state index in [1.807, 2.05) is 60.0 Å². The average Bonchev–Trinajstić information content (AvgIpc) is 3.35. The van der Waals surface area contributed by atoms with Crippen molar-refractivity contribution in [2.75, 3.05) is 12.4 Å². The van der Waals surface area contributed by atoms with Crippen molar-refractivity contribution in [1.82, 2.24) is 14.5 Å². The van der Waals surface area contributed by atoms with Crippen LogP contribution in [0.4, 0.5) is 5.13 Å². The number of amides is 1.